The van der Waals surface area contributed by atoms with E-state index < -0.39 is 0 Å². The van der Waals surface area contributed by atoms with Crippen LogP contribution in [0.3, 0.4) is 0 Å². The molecule has 2 amide bonds. The predicted octanol–water partition coefficient (Wildman–Crippen LogP) is 2.14. The van der Waals surface area contributed by atoms with Gasteiger partial charge in [0.25, 0.3) is 0 Å². The summed E-state index contributed by atoms with van der Waals surface area (Å²) in [5.41, 5.74) is 0.938. The van der Waals surface area contributed by atoms with Crippen molar-refractivity contribution in [3.8, 4) is 0 Å². The van der Waals surface area contributed by atoms with Gasteiger partial charge in [0.05, 0.1) is 18.4 Å². The first-order chi connectivity index (χ1) is 11.6. The highest BCUT2D eigenvalue weighted by atomic mass is 16.5. The molecule has 3 rings (SSSR count). The Morgan fingerprint density at radius 3 is 3.00 bits per heavy atom. The third-order valence-electron chi connectivity index (χ3n) is 4.82. The molecule has 2 aliphatic heterocycles. The number of piperidine rings is 1. The van der Waals surface area contributed by atoms with Gasteiger partial charge in [-0.2, -0.15) is 0 Å². The number of amides is 2. The maximum Gasteiger partial charge on any atom is 0.230 e. The summed E-state index contributed by atoms with van der Waals surface area (Å²) in [6.45, 7) is 3.90. The Balaban J connectivity index is 1.55. The average molecular weight is 331 g/mol. The number of aryl methyl sites for hydroxylation is 1. The van der Waals surface area contributed by atoms with Gasteiger partial charge in [0.1, 0.15) is 5.82 Å². The highest BCUT2D eigenvalue weighted by molar-refractivity contribution is 5.93. The maximum atomic E-state index is 12.5. The number of ether oxygens (including phenoxy) is 1. The zero-order chi connectivity index (χ0) is 16.9. The van der Waals surface area contributed by atoms with Crippen molar-refractivity contribution in [1.29, 1.82) is 0 Å². The van der Waals surface area contributed by atoms with Crippen LogP contribution in [0.4, 0.5) is 5.82 Å². The van der Waals surface area contributed by atoms with Gasteiger partial charge in [0.15, 0.2) is 0 Å². The van der Waals surface area contributed by atoms with Crippen LogP contribution in [0, 0.1) is 12.8 Å². The normalized spacial score (nSPS) is 24.0. The highest BCUT2D eigenvalue weighted by Gasteiger charge is 2.30. The molecule has 1 aromatic heterocycles. The van der Waals surface area contributed by atoms with Crippen LogP contribution in [0.1, 0.15) is 37.7 Å². The van der Waals surface area contributed by atoms with Gasteiger partial charge in [-0.1, -0.05) is 6.07 Å². The SMILES string of the molecule is Cc1cccnc1NC(=O)C1CCCN(C(=O)CC2CCCO2)C1. The second-order valence-electron chi connectivity index (χ2n) is 6.68. The van der Waals surface area contributed by atoms with Crippen LogP contribution in [-0.4, -0.2) is 47.5 Å². The van der Waals surface area contributed by atoms with Gasteiger partial charge >= 0.3 is 0 Å². The fraction of sp³-hybridized carbons (Fsp3) is 0.611. The van der Waals surface area contributed by atoms with Crippen molar-refractivity contribution in [1.82, 2.24) is 9.88 Å². The standard InChI is InChI=1S/C18H25N3O3/c1-13-5-2-8-19-17(13)20-18(23)14-6-3-9-21(12-14)16(22)11-15-7-4-10-24-15/h2,5,8,14-15H,3-4,6-7,9-12H2,1H3,(H,19,20,23). The Hall–Kier alpha value is -1.95. The quantitative estimate of drug-likeness (QED) is 0.917. The number of rotatable bonds is 4. The number of hydrogen-bond acceptors (Lipinski definition) is 4. The molecule has 0 radical (unpaired) electrons. The summed E-state index contributed by atoms with van der Waals surface area (Å²) in [6.07, 6.45) is 5.82. The lowest BCUT2D eigenvalue weighted by molar-refractivity contribution is -0.136. The highest BCUT2D eigenvalue weighted by Crippen LogP contribution is 2.22. The van der Waals surface area contributed by atoms with E-state index in [1.54, 1.807) is 6.20 Å². The fourth-order valence-corrected chi connectivity index (χ4v) is 3.38. The van der Waals surface area contributed by atoms with E-state index in [2.05, 4.69) is 10.3 Å². The monoisotopic (exact) mass is 331 g/mol. The molecule has 0 bridgehead atoms. The summed E-state index contributed by atoms with van der Waals surface area (Å²) < 4.78 is 5.55. The van der Waals surface area contributed by atoms with Gasteiger partial charge in [0.2, 0.25) is 11.8 Å². The Morgan fingerprint density at radius 2 is 2.25 bits per heavy atom. The van der Waals surface area contributed by atoms with Crippen LogP contribution in [-0.2, 0) is 14.3 Å². The molecule has 0 saturated carbocycles. The number of likely N-dealkylation sites (tertiary alicyclic amines) is 1. The second kappa shape index (κ2) is 7.75. The predicted molar refractivity (Wildman–Crippen MR) is 90.5 cm³/mol. The molecular weight excluding hydrogens is 306 g/mol. The summed E-state index contributed by atoms with van der Waals surface area (Å²) in [7, 11) is 0. The molecule has 2 atom stereocenters. The molecule has 6 nitrogen and oxygen atoms in total. The molecule has 1 N–H and O–H groups in total. The smallest absolute Gasteiger partial charge is 0.230 e. The maximum absolute atomic E-state index is 12.5. The zero-order valence-corrected chi connectivity index (χ0v) is 14.2. The molecule has 3 heterocycles. The molecule has 2 aliphatic rings. The van der Waals surface area contributed by atoms with E-state index >= 15 is 0 Å². The Bertz CT molecular complexity index is 599. The molecule has 0 aliphatic carbocycles. The minimum Gasteiger partial charge on any atom is -0.378 e. The average Bonchev–Trinajstić information content (AvgIpc) is 3.10. The molecule has 1 aromatic rings. The third kappa shape index (κ3) is 4.12. The third-order valence-corrected chi connectivity index (χ3v) is 4.82. The molecule has 2 unspecified atom stereocenters. The first-order valence-corrected chi connectivity index (χ1v) is 8.75. The van der Waals surface area contributed by atoms with Crippen LogP contribution in [0.15, 0.2) is 18.3 Å². The van der Waals surface area contributed by atoms with E-state index in [0.29, 0.717) is 18.8 Å². The lowest BCUT2D eigenvalue weighted by Crippen LogP contribution is -2.44. The van der Waals surface area contributed by atoms with Crippen molar-refractivity contribution in [3.63, 3.8) is 0 Å². The van der Waals surface area contributed by atoms with Crippen LogP contribution >= 0.6 is 0 Å². The van der Waals surface area contributed by atoms with Gasteiger partial charge in [-0.15, -0.1) is 0 Å². The zero-order valence-electron chi connectivity index (χ0n) is 14.2. The van der Waals surface area contributed by atoms with Gasteiger partial charge < -0.3 is 15.0 Å². The van der Waals surface area contributed by atoms with Gasteiger partial charge in [-0.05, 0) is 44.2 Å². The Kier molecular flexibility index (Phi) is 5.45. The van der Waals surface area contributed by atoms with Crippen LogP contribution in [0.2, 0.25) is 0 Å². The number of carbonyl (C=O) groups is 2. The topological polar surface area (TPSA) is 71.5 Å². The summed E-state index contributed by atoms with van der Waals surface area (Å²) >= 11 is 0. The second-order valence-corrected chi connectivity index (χ2v) is 6.68. The minimum atomic E-state index is -0.173. The van der Waals surface area contributed by atoms with Crippen LogP contribution in [0.5, 0.6) is 0 Å². The van der Waals surface area contributed by atoms with Gasteiger partial charge in [-0.25, -0.2) is 4.98 Å². The van der Waals surface area contributed by atoms with Crippen molar-refractivity contribution in [2.45, 2.75) is 45.1 Å². The van der Waals surface area contributed by atoms with E-state index in [1.807, 2.05) is 24.0 Å². The van der Waals surface area contributed by atoms with Gasteiger partial charge in [0, 0.05) is 25.9 Å². The molecule has 0 aromatic carbocycles. The van der Waals surface area contributed by atoms with Crippen LogP contribution in [0.25, 0.3) is 0 Å². The summed E-state index contributed by atoms with van der Waals surface area (Å²) in [4.78, 5) is 31.0. The number of pyridine rings is 1. The lowest BCUT2D eigenvalue weighted by atomic mass is 9.96. The first kappa shape index (κ1) is 16.9. The fourth-order valence-electron chi connectivity index (χ4n) is 3.38. The number of anilines is 1. The number of nitrogens with zero attached hydrogens (tertiary/aromatic N) is 2. The summed E-state index contributed by atoms with van der Waals surface area (Å²) in [5, 5.41) is 2.90. The molecule has 6 heteroatoms. The first-order valence-electron chi connectivity index (χ1n) is 8.75. The van der Waals surface area contributed by atoms with Crippen molar-refractivity contribution >= 4 is 17.6 Å². The Morgan fingerprint density at radius 1 is 1.38 bits per heavy atom. The summed E-state index contributed by atoms with van der Waals surface area (Å²) in [5.74, 6) is 0.485. The summed E-state index contributed by atoms with van der Waals surface area (Å²) in [6, 6.07) is 3.76. The van der Waals surface area contributed by atoms with Crippen molar-refractivity contribution in [2.75, 3.05) is 25.0 Å². The minimum absolute atomic E-state index is 0.0496. The van der Waals surface area contributed by atoms with E-state index in [9.17, 15) is 9.59 Å². The molecule has 24 heavy (non-hydrogen) atoms. The van der Waals surface area contributed by atoms with E-state index in [4.69, 9.17) is 4.74 Å². The van der Waals surface area contributed by atoms with Crippen molar-refractivity contribution in [3.05, 3.63) is 23.9 Å². The number of carbonyl (C=O) groups excluding carboxylic acids is 2. The molecule has 130 valence electrons. The number of aromatic nitrogens is 1. The Labute approximate surface area is 142 Å². The molecular formula is C18H25N3O3. The lowest BCUT2D eigenvalue weighted by Gasteiger charge is -2.32. The van der Waals surface area contributed by atoms with E-state index in [0.717, 1.165) is 44.4 Å². The van der Waals surface area contributed by atoms with E-state index in [-0.39, 0.29) is 23.8 Å². The number of hydrogen-bond donors (Lipinski definition) is 1. The van der Waals surface area contributed by atoms with E-state index in [1.165, 1.54) is 0 Å². The molecule has 2 saturated heterocycles. The van der Waals surface area contributed by atoms with Crippen LogP contribution < -0.4 is 5.32 Å². The molecule has 0 spiro atoms. The number of nitrogens with one attached hydrogen (secondary N) is 1. The van der Waals surface area contributed by atoms with Crippen molar-refractivity contribution < 1.29 is 14.3 Å². The largest absolute Gasteiger partial charge is 0.378 e. The van der Waals surface area contributed by atoms with Gasteiger partial charge in [-0.3, -0.25) is 9.59 Å². The molecule has 2 fully saturated rings. The van der Waals surface area contributed by atoms with Crippen molar-refractivity contribution in [2.24, 2.45) is 5.92 Å².